The number of pyridine rings is 1. The maximum atomic E-state index is 13.1. The van der Waals surface area contributed by atoms with Gasteiger partial charge in [0.15, 0.2) is 5.76 Å². The van der Waals surface area contributed by atoms with Gasteiger partial charge in [-0.1, -0.05) is 36.4 Å². The maximum absolute atomic E-state index is 13.1. The minimum absolute atomic E-state index is 0.153. The zero-order chi connectivity index (χ0) is 22.8. The molecule has 3 heterocycles. The van der Waals surface area contributed by atoms with Crippen molar-refractivity contribution in [1.29, 1.82) is 0 Å². The Morgan fingerprint density at radius 2 is 1.76 bits per heavy atom. The van der Waals surface area contributed by atoms with E-state index >= 15 is 0 Å². The summed E-state index contributed by atoms with van der Waals surface area (Å²) in [5.74, 6) is 0.772. The van der Waals surface area contributed by atoms with E-state index in [9.17, 15) is 9.90 Å². The molecule has 6 nitrogen and oxygen atoms in total. The monoisotopic (exact) mass is 441 g/mol. The van der Waals surface area contributed by atoms with E-state index in [1.165, 1.54) is 5.56 Å². The fraction of sp³-hybridized carbons (Fsp3) is 0.259. The van der Waals surface area contributed by atoms with Crippen LogP contribution in [-0.2, 0) is 13.1 Å². The normalized spacial score (nSPS) is 17.8. The lowest BCUT2D eigenvalue weighted by Gasteiger charge is -2.35. The number of aromatic nitrogens is 1. The molecule has 1 fully saturated rings. The number of aryl methyl sites for hydroxylation is 1. The van der Waals surface area contributed by atoms with Crippen molar-refractivity contribution < 1.29 is 14.6 Å². The van der Waals surface area contributed by atoms with E-state index in [-0.39, 0.29) is 17.3 Å². The molecule has 33 heavy (non-hydrogen) atoms. The highest BCUT2D eigenvalue weighted by molar-refractivity contribution is 6.15. The van der Waals surface area contributed by atoms with Crippen LogP contribution in [0.3, 0.4) is 0 Å². The molecule has 5 rings (SSSR count). The van der Waals surface area contributed by atoms with Crippen LogP contribution in [0.2, 0.25) is 0 Å². The van der Waals surface area contributed by atoms with Gasteiger partial charge in [-0.25, -0.2) is 0 Å². The van der Waals surface area contributed by atoms with Crippen LogP contribution in [0.1, 0.15) is 32.6 Å². The number of Topliss-reactive ketones (excluding diaryl/α,β-unsaturated/α-hetero) is 1. The molecule has 0 bridgehead atoms. The van der Waals surface area contributed by atoms with E-state index in [0.29, 0.717) is 23.4 Å². The summed E-state index contributed by atoms with van der Waals surface area (Å²) >= 11 is 0. The number of carbonyl (C=O) groups excluding carboxylic acids is 1. The fourth-order valence-electron chi connectivity index (χ4n) is 4.52. The highest BCUT2D eigenvalue weighted by atomic mass is 16.5. The Bertz CT molecular complexity index is 1180. The minimum atomic E-state index is -0.153. The Morgan fingerprint density at radius 1 is 1.03 bits per heavy atom. The van der Waals surface area contributed by atoms with Crippen LogP contribution in [0.15, 0.2) is 66.7 Å². The molecule has 0 atom stereocenters. The van der Waals surface area contributed by atoms with Crippen molar-refractivity contribution in [2.45, 2.75) is 20.0 Å². The second kappa shape index (κ2) is 9.17. The van der Waals surface area contributed by atoms with Gasteiger partial charge in [-0.3, -0.25) is 19.6 Å². The first-order valence-corrected chi connectivity index (χ1v) is 11.3. The van der Waals surface area contributed by atoms with Gasteiger partial charge in [0.25, 0.3) is 0 Å². The van der Waals surface area contributed by atoms with Gasteiger partial charge in [0, 0.05) is 51.7 Å². The molecule has 0 saturated carbocycles. The lowest BCUT2D eigenvalue weighted by Crippen LogP contribution is -2.45. The van der Waals surface area contributed by atoms with Crippen LogP contribution < -0.4 is 4.74 Å². The van der Waals surface area contributed by atoms with Gasteiger partial charge < -0.3 is 9.84 Å². The number of aromatic hydroxyl groups is 1. The van der Waals surface area contributed by atoms with Crippen LogP contribution >= 0.6 is 0 Å². The van der Waals surface area contributed by atoms with Crippen LogP contribution in [-0.4, -0.2) is 51.9 Å². The van der Waals surface area contributed by atoms with Crippen LogP contribution in [0, 0.1) is 6.92 Å². The molecule has 0 amide bonds. The number of phenols is 1. The third-order valence-corrected chi connectivity index (χ3v) is 6.30. The molecule has 0 spiro atoms. The van der Waals surface area contributed by atoms with Crippen molar-refractivity contribution in [2.75, 3.05) is 26.2 Å². The summed E-state index contributed by atoms with van der Waals surface area (Å²) in [5, 5.41) is 10.7. The van der Waals surface area contributed by atoms with Gasteiger partial charge in [-0.2, -0.15) is 0 Å². The molecule has 1 saturated heterocycles. The summed E-state index contributed by atoms with van der Waals surface area (Å²) in [7, 11) is 0. The third-order valence-electron chi connectivity index (χ3n) is 6.30. The summed E-state index contributed by atoms with van der Waals surface area (Å²) in [4.78, 5) is 21.9. The van der Waals surface area contributed by atoms with Crippen molar-refractivity contribution in [3.63, 3.8) is 0 Å². The number of ketones is 1. The number of fused-ring (bicyclic) bond motifs is 1. The highest BCUT2D eigenvalue weighted by Gasteiger charge is 2.34. The molecular formula is C27H27N3O3. The van der Waals surface area contributed by atoms with Crippen LogP contribution in [0.4, 0.5) is 0 Å². The molecule has 0 radical (unpaired) electrons. The molecule has 1 aromatic heterocycles. The van der Waals surface area contributed by atoms with Gasteiger partial charge in [-0.15, -0.1) is 0 Å². The summed E-state index contributed by atoms with van der Waals surface area (Å²) in [6.45, 7) is 7.01. The lowest BCUT2D eigenvalue weighted by atomic mass is 9.99. The zero-order valence-corrected chi connectivity index (χ0v) is 18.7. The van der Waals surface area contributed by atoms with Gasteiger partial charge in [0.1, 0.15) is 11.5 Å². The van der Waals surface area contributed by atoms with Crippen molar-refractivity contribution in [3.8, 4) is 11.5 Å². The number of benzene rings is 2. The van der Waals surface area contributed by atoms with Crippen LogP contribution in [0.25, 0.3) is 6.08 Å². The number of phenolic OH excluding ortho intramolecular Hbond substituents is 1. The highest BCUT2D eigenvalue weighted by Crippen LogP contribution is 2.42. The largest absolute Gasteiger partial charge is 0.507 e. The number of hydrogen-bond acceptors (Lipinski definition) is 6. The molecule has 2 aliphatic rings. The Balaban J connectivity index is 1.32. The summed E-state index contributed by atoms with van der Waals surface area (Å²) in [6.07, 6.45) is 5.08. The Kier molecular flexibility index (Phi) is 5.94. The molecule has 0 aliphatic carbocycles. The number of allylic oxidation sites excluding steroid dienone is 1. The predicted molar refractivity (Wildman–Crippen MR) is 127 cm³/mol. The van der Waals surface area contributed by atoms with Crippen LogP contribution in [0.5, 0.6) is 11.5 Å². The molecule has 6 heteroatoms. The average Bonchev–Trinajstić information content (AvgIpc) is 3.15. The number of nitrogens with zero attached hydrogens (tertiary/aromatic N) is 3. The SMILES string of the molecule is Cc1cc(O)c(CN2CCN(Cc3ccccc3)CC2)c2c1C(=O)/C(=C/c1cccnc1)O2. The van der Waals surface area contributed by atoms with Gasteiger partial charge in [-0.05, 0) is 41.8 Å². The minimum Gasteiger partial charge on any atom is -0.507 e. The quantitative estimate of drug-likeness (QED) is 0.603. The topological polar surface area (TPSA) is 65.9 Å². The maximum Gasteiger partial charge on any atom is 0.232 e. The second-order valence-corrected chi connectivity index (χ2v) is 8.66. The van der Waals surface area contributed by atoms with E-state index in [1.807, 2.05) is 25.1 Å². The van der Waals surface area contributed by atoms with Gasteiger partial charge in [0.2, 0.25) is 5.78 Å². The Hall–Kier alpha value is -3.48. The Labute approximate surface area is 193 Å². The molecule has 2 aromatic carbocycles. The predicted octanol–water partition coefficient (Wildman–Crippen LogP) is 4.03. The van der Waals surface area contributed by atoms with E-state index in [4.69, 9.17) is 4.74 Å². The summed E-state index contributed by atoms with van der Waals surface area (Å²) in [5.41, 5.74) is 4.06. The fourth-order valence-corrected chi connectivity index (χ4v) is 4.52. The van der Waals surface area contributed by atoms with E-state index < -0.39 is 0 Å². The first kappa shape index (κ1) is 21.4. The lowest BCUT2D eigenvalue weighted by molar-refractivity contribution is 0.101. The number of hydrogen-bond donors (Lipinski definition) is 1. The number of carbonyl (C=O) groups is 1. The van der Waals surface area contributed by atoms with E-state index in [0.717, 1.165) is 43.9 Å². The van der Waals surface area contributed by atoms with Crippen molar-refractivity contribution in [3.05, 3.63) is 94.5 Å². The first-order valence-electron chi connectivity index (χ1n) is 11.3. The zero-order valence-electron chi connectivity index (χ0n) is 18.7. The third kappa shape index (κ3) is 4.53. The second-order valence-electron chi connectivity index (χ2n) is 8.66. The molecular weight excluding hydrogens is 414 g/mol. The number of piperazine rings is 1. The van der Waals surface area contributed by atoms with E-state index in [1.54, 1.807) is 24.5 Å². The average molecular weight is 442 g/mol. The number of rotatable bonds is 5. The molecule has 2 aliphatic heterocycles. The van der Waals surface area contributed by atoms with Gasteiger partial charge >= 0.3 is 0 Å². The standard InChI is InChI=1S/C27H27N3O3/c1-19-14-23(31)22(18-30-12-10-29(11-13-30)17-20-6-3-2-4-7-20)27-25(19)26(32)24(33-27)15-21-8-5-9-28-16-21/h2-9,14-16,31H,10-13,17-18H2,1H3/b24-15-. The van der Waals surface area contributed by atoms with E-state index in [2.05, 4.69) is 39.0 Å². The van der Waals surface area contributed by atoms with Crippen molar-refractivity contribution in [1.82, 2.24) is 14.8 Å². The number of ether oxygens (including phenoxy) is 1. The molecule has 1 N–H and O–H groups in total. The molecule has 0 unspecified atom stereocenters. The molecule has 3 aromatic rings. The summed E-state index contributed by atoms with van der Waals surface area (Å²) in [6, 6.07) is 15.9. The Morgan fingerprint density at radius 3 is 2.45 bits per heavy atom. The molecule has 168 valence electrons. The smallest absolute Gasteiger partial charge is 0.232 e. The summed E-state index contributed by atoms with van der Waals surface area (Å²) < 4.78 is 6.04. The van der Waals surface area contributed by atoms with Gasteiger partial charge in [0.05, 0.1) is 11.1 Å². The van der Waals surface area contributed by atoms with Crippen molar-refractivity contribution >= 4 is 11.9 Å². The van der Waals surface area contributed by atoms with Crippen molar-refractivity contribution in [2.24, 2.45) is 0 Å². The first-order chi connectivity index (χ1) is 16.1.